The van der Waals surface area contributed by atoms with Crippen LogP contribution < -0.4 is 10.5 Å². The Morgan fingerprint density at radius 1 is 1.35 bits per heavy atom. The monoisotopic (exact) mass is 336 g/mol. The third-order valence-corrected chi connectivity index (χ3v) is 4.36. The Morgan fingerprint density at radius 2 is 2.00 bits per heavy atom. The van der Waals surface area contributed by atoms with Crippen molar-refractivity contribution in [2.45, 2.75) is 11.8 Å². The summed E-state index contributed by atoms with van der Waals surface area (Å²) >= 11 is 11.3. The fraction of sp³-hybridized carbons (Fsp3) is 0.222. The number of nitrogens with one attached hydrogen (secondary N) is 1. The Balaban J connectivity index is 2.46. The first-order chi connectivity index (χ1) is 9.20. The number of halogens is 2. The van der Waals surface area contributed by atoms with Gasteiger partial charge in [-0.3, -0.25) is 9.40 Å². The lowest BCUT2D eigenvalue weighted by molar-refractivity contribution is 0.600. The molecular weight excluding hydrogens is 327 g/mol. The molecule has 108 valence electrons. The molecule has 0 saturated carbocycles. The summed E-state index contributed by atoms with van der Waals surface area (Å²) in [6.07, 6.45) is 0. The first-order valence-electron chi connectivity index (χ1n) is 5.22. The molecule has 0 bridgehead atoms. The summed E-state index contributed by atoms with van der Waals surface area (Å²) < 4.78 is 28.2. The van der Waals surface area contributed by atoms with Crippen LogP contribution in [-0.4, -0.2) is 28.2 Å². The van der Waals surface area contributed by atoms with Crippen molar-refractivity contribution in [1.29, 1.82) is 0 Å². The van der Waals surface area contributed by atoms with Gasteiger partial charge in [-0.15, -0.1) is 0 Å². The van der Waals surface area contributed by atoms with E-state index in [9.17, 15) is 8.42 Å². The number of sulfonamides is 1. The fourth-order valence-electron chi connectivity index (χ4n) is 1.58. The van der Waals surface area contributed by atoms with E-state index in [1.807, 2.05) is 0 Å². The van der Waals surface area contributed by atoms with Crippen molar-refractivity contribution in [1.82, 2.24) is 19.7 Å². The largest absolute Gasteiger partial charge is 0.381 e. The Bertz CT molecular complexity index is 753. The number of nitrogens with two attached hydrogens (primary N) is 1. The van der Waals surface area contributed by atoms with E-state index >= 15 is 0 Å². The van der Waals surface area contributed by atoms with Gasteiger partial charge in [-0.25, -0.2) is 13.4 Å². The van der Waals surface area contributed by atoms with Gasteiger partial charge >= 0.3 is 0 Å². The molecule has 0 spiro atoms. The Morgan fingerprint density at radius 3 is 2.50 bits per heavy atom. The maximum atomic E-state index is 12.3. The second-order valence-electron chi connectivity index (χ2n) is 3.87. The highest BCUT2D eigenvalue weighted by Crippen LogP contribution is 2.24. The Kier molecular flexibility index (Phi) is 3.76. The molecule has 11 heteroatoms. The number of rotatable bonds is 3. The topological polar surface area (TPSA) is 116 Å². The van der Waals surface area contributed by atoms with Crippen LogP contribution in [0.5, 0.6) is 0 Å². The summed E-state index contributed by atoms with van der Waals surface area (Å²) in [6, 6.07) is 1.23. The minimum atomic E-state index is -3.95. The number of hydrogen-bond donors (Lipinski definition) is 2. The SMILES string of the molecule is Cc1c(S(=O)(=O)Nc2cc(Cl)nc(Cl)n2)c(N)nn1C. The molecule has 0 amide bonds. The summed E-state index contributed by atoms with van der Waals surface area (Å²) in [5.74, 6) is -0.165. The molecule has 8 nitrogen and oxygen atoms in total. The van der Waals surface area contributed by atoms with Crippen molar-refractivity contribution in [2.75, 3.05) is 10.5 Å². The van der Waals surface area contributed by atoms with Gasteiger partial charge in [0.25, 0.3) is 10.0 Å². The normalized spacial score (nSPS) is 11.6. The van der Waals surface area contributed by atoms with E-state index in [2.05, 4.69) is 19.8 Å². The number of anilines is 2. The standard InChI is InChI=1S/C9H10Cl2N6O2S/c1-4-7(8(12)15-17(4)2)20(18,19)16-6-3-5(10)13-9(11)14-6/h3H,1-2H3,(H2,12,15)(H,13,14,16). The maximum absolute atomic E-state index is 12.3. The van der Waals surface area contributed by atoms with Crippen LogP contribution >= 0.6 is 23.2 Å². The molecule has 0 aliphatic rings. The summed E-state index contributed by atoms with van der Waals surface area (Å²) in [4.78, 5) is 7.22. The molecule has 0 fully saturated rings. The summed E-state index contributed by atoms with van der Waals surface area (Å²) in [5.41, 5.74) is 6.00. The molecule has 0 radical (unpaired) electrons. The van der Waals surface area contributed by atoms with Crippen LogP contribution in [0.1, 0.15) is 5.69 Å². The van der Waals surface area contributed by atoms with E-state index in [4.69, 9.17) is 28.9 Å². The van der Waals surface area contributed by atoms with Gasteiger partial charge in [0, 0.05) is 13.1 Å². The summed E-state index contributed by atoms with van der Waals surface area (Å²) in [5, 5.41) is 3.68. The van der Waals surface area contributed by atoms with Crippen LogP contribution in [-0.2, 0) is 17.1 Å². The highest BCUT2D eigenvalue weighted by Gasteiger charge is 2.25. The number of aryl methyl sites for hydroxylation is 1. The van der Waals surface area contributed by atoms with Crippen LogP contribution in [0.15, 0.2) is 11.0 Å². The molecule has 2 aromatic rings. The van der Waals surface area contributed by atoms with E-state index < -0.39 is 10.0 Å². The van der Waals surface area contributed by atoms with E-state index in [1.54, 1.807) is 14.0 Å². The van der Waals surface area contributed by atoms with Crippen LogP contribution in [0.25, 0.3) is 0 Å². The number of nitrogen functional groups attached to an aromatic ring is 1. The lowest BCUT2D eigenvalue weighted by atomic mass is 10.5. The van der Waals surface area contributed by atoms with Gasteiger partial charge in [0.2, 0.25) is 5.28 Å². The highest BCUT2D eigenvalue weighted by atomic mass is 35.5. The van der Waals surface area contributed by atoms with Crippen LogP contribution in [0.3, 0.4) is 0 Å². The molecule has 0 atom stereocenters. The average molecular weight is 337 g/mol. The zero-order valence-electron chi connectivity index (χ0n) is 10.4. The van der Waals surface area contributed by atoms with Gasteiger partial charge in [0.05, 0.1) is 5.69 Å². The van der Waals surface area contributed by atoms with Gasteiger partial charge in [0.1, 0.15) is 11.0 Å². The Hall–Kier alpha value is -1.58. The third kappa shape index (κ3) is 2.79. The van der Waals surface area contributed by atoms with Crippen LogP contribution in [0.4, 0.5) is 11.6 Å². The first-order valence-corrected chi connectivity index (χ1v) is 7.46. The average Bonchev–Trinajstić information content (AvgIpc) is 2.50. The van der Waals surface area contributed by atoms with E-state index in [-0.39, 0.29) is 27.0 Å². The molecule has 2 rings (SSSR count). The van der Waals surface area contributed by atoms with Crippen LogP contribution in [0, 0.1) is 6.92 Å². The minimum absolute atomic E-state index is 0.0126. The quantitative estimate of drug-likeness (QED) is 0.642. The van der Waals surface area contributed by atoms with Gasteiger partial charge in [-0.05, 0) is 18.5 Å². The van der Waals surface area contributed by atoms with E-state index in [0.717, 1.165) is 0 Å². The van der Waals surface area contributed by atoms with Gasteiger partial charge in [-0.2, -0.15) is 10.1 Å². The number of nitrogens with zero attached hydrogens (tertiary/aromatic N) is 4. The molecule has 0 aromatic carbocycles. The van der Waals surface area contributed by atoms with Crippen molar-refractivity contribution in [3.63, 3.8) is 0 Å². The zero-order chi connectivity index (χ0) is 15.1. The fourth-order valence-corrected chi connectivity index (χ4v) is 3.31. The van der Waals surface area contributed by atoms with Crippen molar-refractivity contribution in [3.05, 3.63) is 22.2 Å². The maximum Gasteiger partial charge on any atom is 0.268 e. The molecule has 20 heavy (non-hydrogen) atoms. The molecule has 0 aliphatic heterocycles. The van der Waals surface area contributed by atoms with Crippen molar-refractivity contribution in [3.8, 4) is 0 Å². The molecular formula is C9H10Cl2N6O2S. The molecule has 0 aliphatic carbocycles. The number of aromatic nitrogens is 4. The second kappa shape index (κ2) is 5.08. The summed E-state index contributed by atoms with van der Waals surface area (Å²) in [7, 11) is -2.37. The van der Waals surface area contributed by atoms with Gasteiger partial charge in [-0.1, -0.05) is 11.6 Å². The van der Waals surface area contributed by atoms with Gasteiger partial charge < -0.3 is 5.73 Å². The predicted octanol–water partition coefficient (Wildman–Crippen LogP) is 1.21. The van der Waals surface area contributed by atoms with Gasteiger partial charge in [0.15, 0.2) is 10.7 Å². The molecule has 0 unspecified atom stereocenters. The van der Waals surface area contributed by atoms with Crippen molar-refractivity contribution < 1.29 is 8.42 Å². The van der Waals surface area contributed by atoms with Crippen LogP contribution in [0.2, 0.25) is 10.4 Å². The Labute approximate surface area is 125 Å². The predicted molar refractivity (Wildman–Crippen MR) is 75.2 cm³/mol. The minimum Gasteiger partial charge on any atom is -0.381 e. The molecule has 2 heterocycles. The van der Waals surface area contributed by atoms with E-state index in [1.165, 1.54) is 10.7 Å². The lowest BCUT2D eigenvalue weighted by Crippen LogP contribution is -2.16. The summed E-state index contributed by atoms with van der Waals surface area (Å²) in [6.45, 7) is 1.58. The third-order valence-electron chi connectivity index (χ3n) is 2.48. The van der Waals surface area contributed by atoms with Crippen molar-refractivity contribution >= 4 is 44.9 Å². The molecule has 2 aromatic heterocycles. The molecule has 0 saturated heterocycles. The second-order valence-corrected chi connectivity index (χ2v) is 6.22. The zero-order valence-corrected chi connectivity index (χ0v) is 12.8. The first kappa shape index (κ1) is 14.8. The van der Waals surface area contributed by atoms with Crippen molar-refractivity contribution in [2.24, 2.45) is 7.05 Å². The van der Waals surface area contributed by atoms with E-state index in [0.29, 0.717) is 5.69 Å². The smallest absolute Gasteiger partial charge is 0.268 e. The number of hydrogen-bond acceptors (Lipinski definition) is 6. The molecule has 3 N–H and O–H groups in total. The highest BCUT2D eigenvalue weighted by molar-refractivity contribution is 7.93. The lowest BCUT2D eigenvalue weighted by Gasteiger charge is -2.07.